The minimum Gasteiger partial charge on any atom is -0.340 e. The van der Waals surface area contributed by atoms with Crippen LogP contribution in [-0.4, -0.2) is 28.5 Å². The van der Waals surface area contributed by atoms with Crippen LogP contribution in [0.25, 0.3) is 0 Å². The largest absolute Gasteiger partial charge is 0.340 e. The normalized spacial score (nSPS) is 12.9. The summed E-state index contributed by atoms with van der Waals surface area (Å²) in [6.45, 7) is 0. The van der Waals surface area contributed by atoms with Crippen molar-refractivity contribution in [2.75, 3.05) is 14.1 Å². The molecule has 0 radical (unpaired) electrons. The number of imidazole rings is 1. The third-order valence-electron chi connectivity index (χ3n) is 1.64. The minimum atomic E-state index is -0.244. The molecule has 4 heteroatoms. The molecule has 1 atom stereocenters. The predicted octanol–water partition coefficient (Wildman–Crippen LogP) is 0.546. The summed E-state index contributed by atoms with van der Waals surface area (Å²) in [6.07, 6.45) is 3.55. The van der Waals surface area contributed by atoms with Crippen molar-refractivity contribution in [3.63, 3.8) is 0 Å². The van der Waals surface area contributed by atoms with E-state index < -0.39 is 0 Å². The molecule has 1 unspecified atom stereocenters. The van der Waals surface area contributed by atoms with Crippen LogP contribution in [0.15, 0.2) is 12.5 Å². The molecular formula is C8H12N4. The number of nitriles is 1. The van der Waals surface area contributed by atoms with E-state index in [1.54, 1.807) is 6.33 Å². The Kier molecular flexibility index (Phi) is 2.46. The number of nitrogens with zero attached hydrogens (tertiary/aromatic N) is 4. The standard InChI is InChI=1S/C8H12N4/c1-11(2)8(4-9)7-5-12(3)6-10-7/h5-6,8H,1-3H3. The summed E-state index contributed by atoms with van der Waals surface area (Å²) in [4.78, 5) is 5.94. The average Bonchev–Trinajstić information content (AvgIpc) is 2.37. The molecule has 0 saturated heterocycles. The topological polar surface area (TPSA) is 44.9 Å². The van der Waals surface area contributed by atoms with E-state index in [4.69, 9.17) is 5.26 Å². The number of aryl methyl sites for hydroxylation is 1. The summed E-state index contributed by atoms with van der Waals surface area (Å²) >= 11 is 0. The zero-order valence-electron chi connectivity index (χ0n) is 7.52. The molecule has 0 N–H and O–H groups in total. The zero-order valence-corrected chi connectivity index (χ0v) is 7.52. The Morgan fingerprint density at radius 3 is 2.67 bits per heavy atom. The van der Waals surface area contributed by atoms with Crippen molar-refractivity contribution in [2.45, 2.75) is 6.04 Å². The first-order valence-corrected chi connectivity index (χ1v) is 3.69. The molecule has 1 rings (SSSR count). The Balaban J connectivity index is 2.89. The van der Waals surface area contributed by atoms with Crippen molar-refractivity contribution < 1.29 is 0 Å². The van der Waals surface area contributed by atoms with Gasteiger partial charge in [0.2, 0.25) is 0 Å². The van der Waals surface area contributed by atoms with E-state index in [0.717, 1.165) is 5.69 Å². The van der Waals surface area contributed by atoms with Crippen LogP contribution >= 0.6 is 0 Å². The van der Waals surface area contributed by atoms with Crippen LogP contribution in [0.2, 0.25) is 0 Å². The van der Waals surface area contributed by atoms with Crippen molar-refractivity contribution in [3.05, 3.63) is 18.2 Å². The fourth-order valence-corrected chi connectivity index (χ4v) is 1.02. The van der Waals surface area contributed by atoms with Gasteiger partial charge in [-0.25, -0.2) is 4.98 Å². The van der Waals surface area contributed by atoms with Gasteiger partial charge in [-0.05, 0) is 14.1 Å². The molecule has 0 aromatic carbocycles. The first-order chi connectivity index (χ1) is 5.65. The Labute approximate surface area is 72.0 Å². The highest BCUT2D eigenvalue weighted by Gasteiger charge is 2.14. The summed E-state index contributed by atoms with van der Waals surface area (Å²) in [7, 11) is 5.62. The van der Waals surface area contributed by atoms with Gasteiger partial charge in [0.25, 0.3) is 0 Å². The smallest absolute Gasteiger partial charge is 0.142 e. The first-order valence-electron chi connectivity index (χ1n) is 3.69. The highest BCUT2D eigenvalue weighted by atomic mass is 15.1. The molecule has 1 aromatic heterocycles. The second kappa shape index (κ2) is 3.37. The van der Waals surface area contributed by atoms with Gasteiger partial charge >= 0.3 is 0 Å². The van der Waals surface area contributed by atoms with Crippen molar-refractivity contribution in [3.8, 4) is 6.07 Å². The summed E-state index contributed by atoms with van der Waals surface area (Å²) in [5.74, 6) is 0. The summed E-state index contributed by atoms with van der Waals surface area (Å²) < 4.78 is 1.84. The Morgan fingerprint density at radius 1 is 1.67 bits per heavy atom. The molecule has 0 bridgehead atoms. The van der Waals surface area contributed by atoms with Crippen molar-refractivity contribution in [2.24, 2.45) is 7.05 Å². The minimum absolute atomic E-state index is 0.244. The van der Waals surface area contributed by atoms with Gasteiger partial charge in [-0.2, -0.15) is 5.26 Å². The van der Waals surface area contributed by atoms with Crippen LogP contribution < -0.4 is 0 Å². The molecular weight excluding hydrogens is 152 g/mol. The molecule has 0 saturated carbocycles. The van der Waals surface area contributed by atoms with E-state index in [2.05, 4.69) is 11.1 Å². The van der Waals surface area contributed by atoms with E-state index in [1.807, 2.05) is 36.8 Å². The summed E-state index contributed by atoms with van der Waals surface area (Å²) in [6, 6.07) is 1.94. The van der Waals surface area contributed by atoms with Crippen LogP contribution in [0.1, 0.15) is 11.7 Å². The summed E-state index contributed by atoms with van der Waals surface area (Å²) in [5.41, 5.74) is 0.796. The maximum atomic E-state index is 8.82. The molecule has 1 aromatic rings. The quantitative estimate of drug-likeness (QED) is 0.641. The Bertz CT molecular complexity index is 294. The Morgan fingerprint density at radius 2 is 2.33 bits per heavy atom. The van der Waals surface area contributed by atoms with Gasteiger partial charge in [0.1, 0.15) is 6.04 Å². The molecule has 0 amide bonds. The molecule has 4 nitrogen and oxygen atoms in total. The monoisotopic (exact) mass is 164 g/mol. The number of hydrogen-bond acceptors (Lipinski definition) is 3. The van der Waals surface area contributed by atoms with Crippen molar-refractivity contribution >= 4 is 0 Å². The molecule has 0 fully saturated rings. The predicted molar refractivity (Wildman–Crippen MR) is 45.2 cm³/mol. The van der Waals surface area contributed by atoms with Crippen molar-refractivity contribution in [1.29, 1.82) is 5.26 Å². The van der Waals surface area contributed by atoms with Crippen LogP contribution in [0.5, 0.6) is 0 Å². The Hall–Kier alpha value is -1.34. The van der Waals surface area contributed by atoms with Gasteiger partial charge in [-0.15, -0.1) is 0 Å². The fourth-order valence-electron chi connectivity index (χ4n) is 1.02. The lowest BCUT2D eigenvalue weighted by Crippen LogP contribution is -2.18. The average molecular weight is 164 g/mol. The highest BCUT2D eigenvalue weighted by molar-refractivity contribution is 5.12. The molecule has 1 heterocycles. The van der Waals surface area contributed by atoms with Gasteiger partial charge in [-0.1, -0.05) is 0 Å². The number of rotatable bonds is 2. The maximum Gasteiger partial charge on any atom is 0.142 e. The second-order valence-corrected chi connectivity index (χ2v) is 2.96. The summed E-state index contributed by atoms with van der Waals surface area (Å²) in [5, 5.41) is 8.82. The SMILES string of the molecule is CN(C)C(C#N)c1cn(C)cn1. The van der Waals surface area contributed by atoms with Gasteiger partial charge in [0.15, 0.2) is 0 Å². The van der Waals surface area contributed by atoms with E-state index >= 15 is 0 Å². The molecule has 0 aliphatic rings. The number of hydrogen-bond donors (Lipinski definition) is 0. The number of aromatic nitrogens is 2. The van der Waals surface area contributed by atoms with Crippen LogP contribution in [-0.2, 0) is 7.05 Å². The third-order valence-corrected chi connectivity index (χ3v) is 1.64. The van der Waals surface area contributed by atoms with Gasteiger partial charge in [0, 0.05) is 13.2 Å². The lowest BCUT2D eigenvalue weighted by molar-refractivity contribution is 0.353. The first kappa shape index (κ1) is 8.75. The van der Waals surface area contributed by atoms with Crippen molar-refractivity contribution in [1.82, 2.24) is 14.5 Å². The van der Waals surface area contributed by atoms with E-state index in [1.165, 1.54) is 0 Å². The van der Waals surface area contributed by atoms with Crippen LogP contribution in [0.3, 0.4) is 0 Å². The molecule has 0 spiro atoms. The van der Waals surface area contributed by atoms with E-state index in [0.29, 0.717) is 0 Å². The van der Waals surface area contributed by atoms with Crippen LogP contribution in [0.4, 0.5) is 0 Å². The molecule has 0 aliphatic carbocycles. The van der Waals surface area contributed by atoms with Crippen LogP contribution in [0, 0.1) is 11.3 Å². The fraction of sp³-hybridized carbons (Fsp3) is 0.500. The second-order valence-electron chi connectivity index (χ2n) is 2.96. The molecule has 64 valence electrons. The van der Waals surface area contributed by atoms with Gasteiger partial charge < -0.3 is 4.57 Å². The molecule has 12 heavy (non-hydrogen) atoms. The van der Waals surface area contributed by atoms with Gasteiger partial charge in [0.05, 0.1) is 18.1 Å². The van der Waals surface area contributed by atoms with E-state index in [9.17, 15) is 0 Å². The molecule has 0 aliphatic heterocycles. The van der Waals surface area contributed by atoms with Gasteiger partial charge in [-0.3, -0.25) is 4.90 Å². The van der Waals surface area contributed by atoms with E-state index in [-0.39, 0.29) is 6.04 Å². The lowest BCUT2D eigenvalue weighted by Gasteiger charge is -2.13. The maximum absolute atomic E-state index is 8.82. The zero-order chi connectivity index (χ0) is 9.14. The lowest BCUT2D eigenvalue weighted by atomic mass is 10.2. The highest BCUT2D eigenvalue weighted by Crippen LogP contribution is 2.13. The third kappa shape index (κ3) is 1.63.